The van der Waals surface area contributed by atoms with Crippen molar-refractivity contribution in [3.05, 3.63) is 95.5 Å². The van der Waals surface area contributed by atoms with E-state index >= 15 is 0 Å². The van der Waals surface area contributed by atoms with E-state index in [1.165, 1.54) is 12.5 Å². The zero-order valence-electron chi connectivity index (χ0n) is 16.0. The number of aromatic nitrogens is 1. The number of carbonyl (C=O) groups excluding carboxylic acids is 3. The predicted molar refractivity (Wildman–Crippen MR) is 118 cm³/mol. The van der Waals surface area contributed by atoms with Crippen molar-refractivity contribution in [1.29, 1.82) is 0 Å². The van der Waals surface area contributed by atoms with Gasteiger partial charge in [0.2, 0.25) is 0 Å². The lowest BCUT2D eigenvalue weighted by Gasteiger charge is -2.08. The third kappa shape index (κ3) is 5.03. The van der Waals surface area contributed by atoms with Crippen LogP contribution in [-0.2, 0) is 0 Å². The number of rotatable bonds is 6. The van der Waals surface area contributed by atoms with Gasteiger partial charge in [-0.25, -0.2) is 0 Å². The molecule has 0 unspecified atom stereocenters. The molecule has 8 nitrogen and oxygen atoms in total. The fraction of sp³-hybridized carbons (Fsp3) is 0. The molecular weight excluding hydrogens is 416 g/mol. The van der Waals surface area contributed by atoms with Crippen LogP contribution >= 0.6 is 11.3 Å². The average molecular weight is 432 g/mol. The van der Waals surface area contributed by atoms with Crippen molar-refractivity contribution < 1.29 is 18.8 Å². The number of carbonyl (C=O) groups is 3. The number of benzene rings is 1. The third-order valence-corrected chi connectivity index (χ3v) is 5.11. The molecule has 3 aromatic heterocycles. The van der Waals surface area contributed by atoms with E-state index in [4.69, 9.17) is 4.42 Å². The lowest BCUT2D eigenvalue weighted by atomic mass is 10.2. The van der Waals surface area contributed by atoms with Crippen molar-refractivity contribution in [1.82, 2.24) is 4.98 Å². The maximum Gasteiger partial charge on any atom is 0.291 e. The number of thiophene rings is 1. The van der Waals surface area contributed by atoms with Gasteiger partial charge in [0.15, 0.2) is 5.76 Å². The summed E-state index contributed by atoms with van der Waals surface area (Å²) in [6.07, 6.45) is 4.47. The number of hydrogen-bond donors (Lipinski definition) is 3. The minimum atomic E-state index is -0.393. The summed E-state index contributed by atoms with van der Waals surface area (Å²) >= 11 is 1.14. The van der Waals surface area contributed by atoms with Crippen LogP contribution in [0.15, 0.2) is 83.7 Å². The van der Waals surface area contributed by atoms with Crippen molar-refractivity contribution in [3.63, 3.8) is 0 Å². The highest BCUT2D eigenvalue weighted by molar-refractivity contribution is 7.18. The molecule has 1 aromatic carbocycles. The molecule has 0 bridgehead atoms. The zero-order valence-corrected chi connectivity index (χ0v) is 16.8. The van der Waals surface area contributed by atoms with E-state index in [1.807, 2.05) is 0 Å². The van der Waals surface area contributed by atoms with E-state index in [2.05, 4.69) is 20.9 Å². The minimum Gasteiger partial charge on any atom is -0.459 e. The van der Waals surface area contributed by atoms with Gasteiger partial charge in [-0.1, -0.05) is 6.07 Å². The Morgan fingerprint density at radius 3 is 2.32 bits per heavy atom. The van der Waals surface area contributed by atoms with Crippen molar-refractivity contribution >= 4 is 45.4 Å². The van der Waals surface area contributed by atoms with Crippen molar-refractivity contribution in [2.45, 2.75) is 0 Å². The second-order valence-electron chi connectivity index (χ2n) is 6.33. The number of nitrogens with zero attached hydrogens (tertiary/aromatic N) is 1. The SMILES string of the molecule is O=C(Nc1cccc(NC(=O)c2ccc(NC(=O)c3ccco3)s2)c1)c1cccnc1. The van der Waals surface area contributed by atoms with Gasteiger partial charge in [0.25, 0.3) is 17.7 Å². The summed E-state index contributed by atoms with van der Waals surface area (Å²) in [6, 6.07) is 16.6. The molecular formula is C22H16N4O4S. The summed E-state index contributed by atoms with van der Waals surface area (Å²) in [5, 5.41) is 8.75. The summed E-state index contributed by atoms with van der Waals surface area (Å²) in [7, 11) is 0. The van der Waals surface area contributed by atoms with E-state index in [0.29, 0.717) is 26.8 Å². The van der Waals surface area contributed by atoms with Crippen molar-refractivity contribution in [3.8, 4) is 0 Å². The van der Waals surface area contributed by atoms with E-state index < -0.39 is 5.91 Å². The van der Waals surface area contributed by atoms with Gasteiger partial charge < -0.3 is 20.4 Å². The van der Waals surface area contributed by atoms with Crippen LogP contribution in [0.25, 0.3) is 0 Å². The van der Waals surface area contributed by atoms with Gasteiger partial charge in [-0.15, -0.1) is 11.3 Å². The maximum absolute atomic E-state index is 12.6. The van der Waals surface area contributed by atoms with Gasteiger partial charge >= 0.3 is 0 Å². The third-order valence-electron chi connectivity index (χ3n) is 4.11. The Hall–Kier alpha value is -4.24. The first-order valence-electron chi connectivity index (χ1n) is 9.16. The number of furan rings is 1. The van der Waals surface area contributed by atoms with Crippen LogP contribution in [0.2, 0.25) is 0 Å². The van der Waals surface area contributed by atoms with Gasteiger partial charge in [0.05, 0.1) is 21.7 Å². The number of hydrogen-bond acceptors (Lipinski definition) is 6. The first-order valence-corrected chi connectivity index (χ1v) is 9.97. The topological polar surface area (TPSA) is 113 Å². The second kappa shape index (κ2) is 9.06. The van der Waals surface area contributed by atoms with E-state index in [0.717, 1.165) is 11.3 Å². The molecule has 0 fully saturated rings. The monoisotopic (exact) mass is 432 g/mol. The van der Waals surface area contributed by atoms with Crippen LogP contribution in [0.3, 0.4) is 0 Å². The molecule has 3 amide bonds. The number of anilines is 3. The number of pyridine rings is 1. The highest BCUT2D eigenvalue weighted by Crippen LogP contribution is 2.24. The molecule has 4 aromatic rings. The molecule has 0 aliphatic carbocycles. The molecule has 4 rings (SSSR count). The molecule has 3 heterocycles. The predicted octanol–water partition coefficient (Wildman–Crippen LogP) is 4.49. The Balaban J connectivity index is 1.39. The lowest BCUT2D eigenvalue weighted by Crippen LogP contribution is -2.13. The Labute approximate surface area is 180 Å². The van der Waals surface area contributed by atoms with Crippen molar-refractivity contribution in [2.24, 2.45) is 0 Å². The Kier molecular flexibility index (Phi) is 5.86. The normalized spacial score (nSPS) is 10.3. The van der Waals surface area contributed by atoms with E-state index in [9.17, 15) is 14.4 Å². The average Bonchev–Trinajstić information content (AvgIpc) is 3.47. The lowest BCUT2D eigenvalue weighted by molar-refractivity contribution is 0.0993. The number of amides is 3. The molecule has 0 radical (unpaired) electrons. The van der Waals surface area contributed by atoms with Crippen LogP contribution in [-0.4, -0.2) is 22.7 Å². The van der Waals surface area contributed by atoms with E-state index in [1.54, 1.807) is 66.9 Å². The van der Waals surface area contributed by atoms with Gasteiger partial charge in [-0.2, -0.15) is 0 Å². The number of nitrogens with one attached hydrogen (secondary N) is 3. The van der Waals surface area contributed by atoms with Crippen LogP contribution in [0.1, 0.15) is 30.6 Å². The summed E-state index contributed by atoms with van der Waals surface area (Å²) in [5.74, 6) is -0.841. The highest BCUT2D eigenvalue weighted by Gasteiger charge is 2.14. The zero-order chi connectivity index (χ0) is 21.6. The first kappa shape index (κ1) is 20.0. The molecule has 0 aliphatic heterocycles. The minimum absolute atomic E-state index is 0.185. The van der Waals surface area contributed by atoms with E-state index in [-0.39, 0.29) is 17.6 Å². The first-order chi connectivity index (χ1) is 15.1. The van der Waals surface area contributed by atoms with Crippen LogP contribution in [0.4, 0.5) is 16.4 Å². The molecule has 0 atom stereocenters. The highest BCUT2D eigenvalue weighted by atomic mass is 32.1. The fourth-order valence-corrected chi connectivity index (χ4v) is 3.47. The molecule has 0 spiro atoms. The molecule has 0 saturated carbocycles. The fourth-order valence-electron chi connectivity index (χ4n) is 2.68. The molecule has 9 heteroatoms. The Morgan fingerprint density at radius 1 is 0.806 bits per heavy atom. The standard InChI is InChI=1S/C22H16N4O4S/c27-20(14-4-2-10-23-13-14)24-15-5-1-6-16(12-15)25-22(29)18-8-9-19(31-18)26-21(28)17-7-3-11-30-17/h1-13H,(H,24,27)(H,25,29)(H,26,28). The largest absolute Gasteiger partial charge is 0.459 e. The summed E-state index contributed by atoms with van der Waals surface area (Å²) in [5.41, 5.74) is 1.48. The molecule has 3 N–H and O–H groups in total. The molecule has 0 saturated heterocycles. The second-order valence-corrected chi connectivity index (χ2v) is 7.41. The van der Waals surface area contributed by atoms with Gasteiger partial charge in [0.1, 0.15) is 0 Å². The van der Waals surface area contributed by atoms with Crippen LogP contribution in [0.5, 0.6) is 0 Å². The maximum atomic E-state index is 12.6. The Bertz CT molecular complexity index is 1220. The Morgan fingerprint density at radius 2 is 1.61 bits per heavy atom. The van der Waals surface area contributed by atoms with Gasteiger partial charge in [-0.05, 0) is 54.6 Å². The van der Waals surface area contributed by atoms with Crippen LogP contribution in [0, 0.1) is 0 Å². The van der Waals surface area contributed by atoms with Crippen molar-refractivity contribution in [2.75, 3.05) is 16.0 Å². The molecule has 154 valence electrons. The molecule has 31 heavy (non-hydrogen) atoms. The van der Waals surface area contributed by atoms with Crippen LogP contribution < -0.4 is 16.0 Å². The summed E-state index contributed by atoms with van der Waals surface area (Å²) < 4.78 is 5.05. The van der Waals surface area contributed by atoms with Gasteiger partial charge in [-0.3, -0.25) is 19.4 Å². The summed E-state index contributed by atoms with van der Waals surface area (Å²) in [4.78, 5) is 41.2. The summed E-state index contributed by atoms with van der Waals surface area (Å²) in [6.45, 7) is 0. The quantitative estimate of drug-likeness (QED) is 0.415. The van der Waals surface area contributed by atoms with Gasteiger partial charge in [0, 0.05) is 23.8 Å². The molecule has 0 aliphatic rings. The smallest absolute Gasteiger partial charge is 0.291 e.